The molecule has 0 bridgehead atoms. The molecule has 1 aliphatic rings. The molecule has 0 atom stereocenters. The third-order valence-corrected chi connectivity index (χ3v) is 8.07. The summed E-state index contributed by atoms with van der Waals surface area (Å²) in [6.45, 7) is 0.763. The fraction of sp³-hybridized carbons (Fsp3) is 0.312. The van der Waals surface area contributed by atoms with Crippen LogP contribution in [0.1, 0.15) is 23.2 Å². The number of halogens is 2. The molecule has 1 aromatic carbocycles. The molecular formula is C16H16Cl2N2O3S2. The van der Waals surface area contributed by atoms with E-state index in [1.165, 1.54) is 21.7 Å². The minimum atomic E-state index is -3.43. The summed E-state index contributed by atoms with van der Waals surface area (Å²) in [6, 6.07) is 7.97. The van der Waals surface area contributed by atoms with E-state index in [1.54, 1.807) is 29.6 Å². The lowest BCUT2D eigenvalue weighted by molar-refractivity contribution is 0.0924. The summed E-state index contributed by atoms with van der Waals surface area (Å²) in [5.41, 5.74) is 0.433. The van der Waals surface area contributed by atoms with Crippen molar-refractivity contribution in [3.63, 3.8) is 0 Å². The second kappa shape index (κ2) is 7.63. The van der Waals surface area contributed by atoms with Crippen LogP contribution in [0.4, 0.5) is 0 Å². The van der Waals surface area contributed by atoms with Gasteiger partial charge in [0, 0.05) is 24.7 Å². The predicted octanol–water partition coefficient (Wildman–Crippen LogP) is 3.64. The summed E-state index contributed by atoms with van der Waals surface area (Å²) in [7, 11) is -3.43. The average Bonchev–Trinajstić information content (AvgIpc) is 3.13. The van der Waals surface area contributed by atoms with Gasteiger partial charge in [-0.15, -0.1) is 11.3 Å². The number of carbonyl (C=O) groups is 1. The summed E-state index contributed by atoms with van der Waals surface area (Å²) < 4.78 is 26.8. The lowest BCUT2D eigenvalue weighted by Gasteiger charge is -2.31. The van der Waals surface area contributed by atoms with Gasteiger partial charge in [0.25, 0.3) is 15.9 Å². The number of nitrogens with one attached hydrogen (secondary N) is 1. The molecule has 25 heavy (non-hydrogen) atoms. The number of sulfonamides is 1. The van der Waals surface area contributed by atoms with Crippen LogP contribution in [-0.2, 0) is 10.0 Å². The molecule has 0 saturated carbocycles. The molecule has 0 unspecified atom stereocenters. The fourth-order valence-corrected chi connectivity index (χ4v) is 5.60. The standard InChI is InChI=1S/C16H16Cl2N2O3S2/c17-13-4-3-11(10-14(13)18)16(21)19-12-5-7-20(8-6-12)25(22,23)15-2-1-9-24-15/h1-4,9-10,12H,5-8H2,(H,19,21). The van der Waals surface area contributed by atoms with Gasteiger partial charge in [-0.1, -0.05) is 29.3 Å². The maximum absolute atomic E-state index is 12.5. The zero-order chi connectivity index (χ0) is 18.0. The second-order valence-corrected chi connectivity index (χ2v) is 9.64. The van der Waals surface area contributed by atoms with E-state index in [4.69, 9.17) is 23.2 Å². The summed E-state index contributed by atoms with van der Waals surface area (Å²) in [6.07, 6.45) is 1.13. The molecule has 1 aromatic heterocycles. The highest BCUT2D eigenvalue weighted by molar-refractivity contribution is 7.91. The van der Waals surface area contributed by atoms with Crippen molar-refractivity contribution >= 4 is 50.5 Å². The number of benzene rings is 1. The third-order valence-electron chi connectivity index (χ3n) is 4.06. The summed E-state index contributed by atoms with van der Waals surface area (Å²) in [5, 5.41) is 5.40. The molecule has 1 fully saturated rings. The Morgan fingerprint density at radius 1 is 1.16 bits per heavy atom. The molecular weight excluding hydrogens is 403 g/mol. The van der Waals surface area contributed by atoms with Gasteiger partial charge in [0.15, 0.2) is 0 Å². The monoisotopic (exact) mass is 418 g/mol. The topological polar surface area (TPSA) is 66.5 Å². The van der Waals surface area contributed by atoms with E-state index < -0.39 is 10.0 Å². The van der Waals surface area contributed by atoms with E-state index in [2.05, 4.69) is 5.32 Å². The molecule has 1 N–H and O–H groups in total. The number of hydrogen-bond acceptors (Lipinski definition) is 4. The van der Waals surface area contributed by atoms with E-state index in [1.807, 2.05) is 0 Å². The number of thiophene rings is 1. The van der Waals surface area contributed by atoms with Crippen molar-refractivity contribution in [2.45, 2.75) is 23.1 Å². The van der Waals surface area contributed by atoms with Crippen molar-refractivity contribution in [3.8, 4) is 0 Å². The fourth-order valence-electron chi connectivity index (χ4n) is 2.68. The first kappa shape index (κ1) is 18.7. The van der Waals surface area contributed by atoms with Crippen LogP contribution in [0.2, 0.25) is 10.0 Å². The molecule has 1 amide bonds. The van der Waals surface area contributed by atoms with Crippen LogP contribution in [0.15, 0.2) is 39.9 Å². The molecule has 1 aliphatic heterocycles. The Balaban J connectivity index is 1.59. The number of nitrogens with zero attached hydrogens (tertiary/aromatic N) is 1. The van der Waals surface area contributed by atoms with Gasteiger partial charge < -0.3 is 5.32 Å². The summed E-state index contributed by atoms with van der Waals surface area (Å²) in [4.78, 5) is 12.3. The van der Waals surface area contributed by atoms with E-state index >= 15 is 0 Å². The van der Waals surface area contributed by atoms with Gasteiger partial charge in [-0.05, 0) is 42.5 Å². The smallest absolute Gasteiger partial charge is 0.252 e. The van der Waals surface area contributed by atoms with Crippen LogP contribution >= 0.6 is 34.5 Å². The highest BCUT2D eigenvalue weighted by Crippen LogP contribution is 2.25. The van der Waals surface area contributed by atoms with Gasteiger partial charge in [-0.25, -0.2) is 8.42 Å². The Labute approximate surface area is 160 Å². The highest BCUT2D eigenvalue weighted by Gasteiger charge is 2.30. The molecule has 2 heterocycles. The first-order valence-corrected chi connectivity index (χ1v) is 10.7. The Bertz CT molecular complexity index is 862. The molecule has 134 valence electrons. The maximum Gasteiger partial charge on any atom is 0.252 e. The van der Waals surface area contributed by atoms with Crippen LogP contribution in [0.25, 0.3) is 0 Å². The third kappa shape index (κ3) is 4.17. The first-order chi connectivity index (χ1) is 11.9. The van der Waals surface area contributed by atoms with Crippen molar-refractivity contribution in [3.05, 3.63) is 51.3 Å². The zero-order valence-electron chi connectivity index (χ0n) is 13.1. The number of rotatable bonds is 4. The minimum absolute atomic E-state index is 0.0725. The molecule has 1 saturated heterocycles. The number of carbonyl (C=O) groups excluding carboxylic acids is 1. The van der Waals surface area contributed by atoms with Gasteiger partial charge in [0.1, 0.15) is 4.21 Å². The first-order valence-electron chi connectivity index (χ1n) is 7.67. The van der Waals surface area contributed by atoms with Crippen molar-refractivity contribution in [1.29, 1.82) is 0 Å². The lowest BCUT2D eigenvalue weighted by atomic mass is 10.1. The van der Waals surface area contributed by atoms with Gasteiger partial charge in [0.05, 0.1) is 10.0 Å². The minimum Gasteiger partial charge on any atom is -0.349 e. The highest BCUT2D eigenvalue weighted by atomic mass is 35.5. The number of hydrogen-bond donors (Lipinski definition) is 1. The zero-order valence-corrected chi connectivity index (χ0v) is 16.3. The predicted molar refractivity (Wildman–Crippen MR) is 100 cm³/mol. The van der Waals surface area contributed by atoms with Crippen molar-refractivity contribution in [1.82, 2.24) is 9.62 Å². The summed E-state index contributed by atoms with van der Waals surface area (Å²) >= 11 is 13.0. The molecule has 0 aliphatic carbocycles. The van der Waals surface area contributed by atoms with E-state index in [-0.39, 0.29) is 11.9 Å². The molecule has 0 spiro atoms. The van der Waals surface area contributed by atoms with Crippen LogP contribution in [0, 0.1) is 0 Å². The van der Waals surface area contributed by atoms with Crippen molar-refractivity contribution < 1.29 is 13.2 Å². The Morgan fingerprint density at radius 3 is 2.48 bits per heavy atom. The van der Waals surface area contributed by atoms with Gasteiger partial charge in [-0.2, -0.15) is 4.31 Å². The molecule has 2 aromatic rings. The quantitative estimate of drug-likeness (QED) is 0.823. The maximum atomic E-state index is 12.5. The summed E-state index contributed by atoms with van der Waals surface area (Å²) in [5.74, 6) is -0.238. The lowest BCUT2D eigenvalue weighted by Crippen LogP contribution is -2.46. The van der Waals surface area contributed by atoms with Crippen LogP contribution in [0.5, 0.6) is 0 Å². The number of piperidine rings is 1. The van der Waals surface area contributed by atoms with E-state index in [0.29, 0.717) is 45.7 Å². The molecule has 0 radical (unpaired) electrons. The number of amides is 1. The second-order valence-electron chi connectivity index (χ2n) is 5.71. The molecule has 9 heteroatoms. The Morgan fingerprint density at radius 2 is 1.88 bits per heavy atom. The van der Waals surface area contributed by atoms with Crippen LogP contribution < -0.4 is 5.32 Å². The molecule has 5 nitrogen and oxygen atoms in total. The molecule has 3 rings (SSSR count). The van der Waals surface area contributed by atoms with Crippen LogP contribution in [0.3, 0.4) is 0 Å². The Kier molecular flexibility index (Phi) is 5.70. The van der Waals surface area contributed by atoms with Crippen molar-refractivity contribution in [2.24, 2.45) is 0 Å². The van der Waals surface area contributed by atoms with Gasteiger partial charge in [0.2, 0.25) is 0 Å². The van der Waals surface area contributed by atoms with Gasteiger partial charge in [-0.3, -0.25) is 4.79 Å². The van der Waals surface area contributed by atoms with Crippen molar-refractivity contribution in [2.75, 3.05) is 13.1 Å². The van der Waals surface area contributed by atoms with Gasteiger partial charge >= 0.3 is 0 Å². The van der Waals surface area contributed by atoms with E-state index in [9.17, 15) is 13.2 Å². The average molecular weight is 419 g/mol. The SMILES string of the molecule is O=C(NC1CCN(S(=O)(=O)c2cccs2)CC1)c1ccc(Cl)c(Cl)c1. The normalized spacial score (nSPS) is 16.7. The Hall–Kier alpha value is -1.12. The van der Waals surface area contributed by atoms with E-state index in [0.717, 1.165) is 0 Å². The largest absolute Gasteiger partial charge is 0.349 e. The van der Waals surface area contributed by atoms with Crippen LogP contribution in [-0.4, -0.2) is 37.8 Å².